The Morgan fingerprint density at radius 2 is 1.77 bits per heavy atom. The Labute approximate surface area is 232 Å². The summed E-state index contributed by atoms with van der Waals surface area (Å²) in [5.74, 6) is 0.410. The maximum atomic E-state index is 13.2. The first kappa shape index (κ1) is 28.8. The predicted molar refractivity (Wildman–Crippen MR) is 148 cm³/mol. The van der Waals surface area contributed by atoms with E-state index in [-0.39, 0.29) is 37.5 Å². The lowest BCUT2D eigenvalue weighted by atomic mass is 10.0. The van der Waals surface area contributed by atoms with E-state index < -0.39 is 11.0 Å². The van der Waals surface area contributed by atoms with Gasteiger partial charge in [-0.15, -0.1) is 0 Å². The van der Waals surface area contributed by atoms with Gasteiger partial charge < -0.3 is 35.3 Å². The fraction of sp³-hybridized carbons (Fsp3) is 0.407. The summed E-state index contributed by atoms with van der Waals surface area (Å²) in [6.45, 7) is 5.47. The number of carbonyl (C=O) groups excluding carboxylic acids is 2. The van der Waals surface area contributed by atoms with E-state index >= 15 is 0 Å². The summed E-state index contributed by atoms with van der Waals surface area (Å²) >= 11 is 0. The number of carbonyl (C=O) groups is 2. The van der Waals surface area contributed by atoms with Gasteiger partial charge in [0, 0.05) is 77.1 Å². The summed E-state index contributed by atoms with van der Waals surface area (Å²) in [5, 5.41) is 23.1. The van der Waals surface area contributed by atoms with E-state index in [0.717, 1.165) is 44.8 Å². The molecule has 2 amide bonds. The van der Waals surface area contributed by atoms with Crippen molar-refractivity contribution in [3.8, 4) is 0 Å². The van der Waals surface area contributed by atoms with Crippen molar-refractivity contribution >= 4 is 23.3 Å². The van der Waals surface area contributed by atoms with E-state index in [1.807, 2.05) is 30.2 Å². The second-order valence-electron chi connectivity index (χ2n) is 9.37. The number of alkyl carbamates (subject to hydrolysis) is 1. The van der Waals surface area contributed by atoms with Crippen LogP contribution >= 0.6 is 0 Å². The number of allylic oxidation sites excluding steroid dienone is 2. The number of nitro benzene ring substituents is 1. The number of hydrogen-bond acceptors (Lipinski definition) is 10. The normalized spacial score (nSPS) is 18.4. The van der Waals surface area contributed by atoms with Crippen LogP contribution in [0, 0.1) is 10.1 Å². The second-order valence-corrected chi connectivity index (χ2v) is 9.37. The average molecular weight is 554 g/mol. The summed E-state index contributed by atoms with van der Waals surface area (Å²) in [5.41, 5.74) is 1.90. The quantitative estimate of drug-likeness (QED) is 0.203. The molecule has 40 heavy (non-hydrogen) atoms. The van der Waals surface area contributed by atoms with Gasteiger partial charge in [0.25, 0.3) is 11.6 Å². The van der Waals surface area contributed by atoms with Gasteiger partial charge in [0.15, 0.2) is 0 Å². The Morgan fingerprint density at radius 3 is 2.42 bits per heavy atom. The number of nitrogens with zero attached hydrogens (tertiary/aromatic N) is 3. The molecule has 13 heteroatoms. The van der Waals surface area contributed by atoms with Crippen LogP contribution in [0.4, 0.5) is 10.5 Å². The van der Waals surface area contributed by atoms with E-state index in [1.165, 1.54) is 24.3 Å². The molecular formula is C27H35N7O6. The monoisotopic (exact) mass is 553 g/mol. The van der Waals surface area contributed by atoms with Crippen molar-refractivity contribution in [1.82, 2.24) is 31.1 Å². The Hall–Kier alpha value is -4.20. The highest BCUT2D eigenvalue weighted by atomic mass is 16.6. The number of non-ortho nitro benzene ring substituents is 1. The van der Waals surface area contributed by atoms with Crippen molar-refractivity contribution < 1.29 is 23.7 Å². The zero-order valence-corrected chi connectivity index (χ0v) is 22.4. The molecule has 0 bridgehead atoms. The van der Waals surface area contributed by atoms with Crippen molar-refractivity contribution in [1.29, 1.82) is 0 Å². The minimum atomic E-state index is -0.653. The molecule has 13 nitrogen and oxygen atoms in total. The Bertz CT molecular complexity index is 1200. The molecule has 2 aliphatic rings. The van der Waals surface area contributed by atoms with Crippen LogP contribution < -0.4 is 21.3 Å². The number of amides is 2. The van der Waals surface area contributed by atoms with Crippen molar-refractivity contribution in [2.75, 3.05) is 59.4 Å². The molecule has 3 heterocycles. The van der Waals surface area contributed by atoms with Crippen LogP contribution in [0.25, 0.3) is 5.57 Å². The van der Waals surface area contributed by atoms with Crippen LogP contribution in [0.5, 0.6) is 0 Å². The van der Waals surface area contributed by atoms with E-state index in [1.54, 1.807) is 6.26 Å². The number of rotatable bonds is 9. The fourth-order valence-electron chi connectivity index (χ4n) is 4.48. The Morgan fingerprint density at radius 1 is 1.07 bits per heavy atom. The summed E-state index contributed by atoms with van der Waals surface area (Å²) in [6, 6.07) is 9.44. The zero-order chi connectivity index (χ0) is 28.3. The van der Waals surface area contributed by atoms with Crippen LogP contribution in [-0.4, -0.2) is 92.3 Å². The minimum absolute atomic E-state index is 0.0291. The number of benzene rings is 1. The predicted octanol–water partition coefficient (Wildman–Crippen LogP) is 1.26. The number of nitro groups is 1. The average Bonchev–Trinajstić information content (AvgIpc) is 3.53. The Balaban J connectivity index is 1.31. The van der Waals surface area contributed by atoms with E-state index in [0.29, 0.717) is 17.0 Å². The molecule has 4 N–H and O–H groups in total. The molecule has 1 fully saturated rings. The van der Waals surface area contributed by atoms with E-state index in [2.05, 4.69) is 32.2 Å². The maximum Gasteiger partial charge on any atom is 0.407 e. The van der Waals surface area contributed by atoms with Gasteiger partial charge in [0.05, 0.1) is 11.2 Å². The summed E-state index contributed by atoms with van der Waals surface area (Å²) in [4.78, 5) is 39.8. The first-order valence-corrected chi connectivity index (χ1v) is 13.2. The molecule has 4 rings (SSSR count). The Kier molecular flexibility index (Phi) is 10.3. The number of ether oxygens (including phenoxy) is 1. The third kappa shape index (κ3) is 7.91. The SMILES string of the molecule is CN1C(C(=O)NCCNC(=O)OCc2ccc([N+](=O)[O-])cc2)=CC(c2ccco2)=CC1N1CCNCCNCC1. The lowest BCUT2D eigenvalue weighted by Crippen LogP contribution is -2.52. The molecule has 2 aliphatic heterocycles. The summed E-state index contributed by atoms with van der Waals surface area (Å²) < 4.78 is 10.8. The topological polar surface area (TPSA) is 154 Å². The molecule has 1 saturated heterocycles. The number of nitrogens with one attached hydrogen (secondary N) is 4. The van der Waals surface area contributed by atoms with Gasteiger partial charge >= 0.3 is 6.09 Å². The van der Waals surface area contributed by atoms with E-state index in [9.17, 15) is 19.7 Å². The number of furan rings is 1. The molecule has 2 aromatic rings. The lowest BCUT2D eigenvalue weighted by molar-refractivity contribution is -0.384. The third-order valence-corrected chi connectivity index (χ3v) is 6.64. The van der Waals surface area contributed by atoms with Gasteiger partial charge in [0.1, 0.15) is 24.2 Å². The molecule has 0 spiro atoms. The highest BCUT2D eigenvalue weighted by molar-refractivity contribution is 5.96. The first-order valence-electron chi connectivity index (χ1n) is 13.2. The van der Waals surface area contributed by atoms with Crippen molar-refractivity contribution in [3.05, 3.63) is 81.9 Å². The van der Waals surface area contributed by atoms with Crippen LogP contribution in [0.15, 0.2) is 64.9 Å². The second kappa shape index (κ2) is 14.3. The molecule has 0 aliphatic carbocycles. The number of likely N-dealkylation sites (N-methyl/N-ethyl adjacent to an activating group) is 1. The van der Waals surface area contributed by atoms with Crippen molar-refractivity contribution in [3.63, 3.8) is 0 Å². The number of hydrogen-bond donors (Lipinski definition) is 4. The van der Waals surface area contributed by atoms with Crippen LogP contribution in [0.1, 0.15) is 11.3 Å². The largest absolute Gasteiger partial charge is 0.464 e. The standard InChI is InChI=1S/C27H35N7O6/c1-32-23(26(35)30-10-11-31-27(36)40-19-20-4-6-22(7-5-20)34(37)38)17-21(24-3-2-16-39-24)18-25(32)33-14-12-28-8-9-29-13-15-33/h2-7,16-18,25,28-29H,8-15,19H2,1H3,(H,30,35)(H,31,36). The molecular weight excluding hydrogens is 518 g/mol. The van der Waals surface area contributed by atoms with Gasteiger partial charge in [0.2, 0.25) is 0 Å². The summed E-state index contributed by atoms with van der Waals surface area (Å²) in [7, 11) is 1.90. The van der Waals surface area contributed by atoms with Gasteiger partial charge in [-0.25, -0.2) is 4.79 Å². The molecule has 0 saturated carbocycles. The molecule has 0 radical (unpaired) electrons. The molecule has 1 aromatic heterocycles. The molecule has 1 atom stereocenters. The zero-order valence-electron chi connectivity index (χ0n) is 22.4. The lowest BCUT2D eigenvalue weighted by Gasteiger charge is -2.40. The van der Waals surface area contributed by atoms with Crippen LogP contribution in [-0.2, 0) is 16.1 Å². The smallest absolute Gasteiger partial charge is 0.407 e. The van der Waals surface area contributed by atoms with Gasteiger partial charge in [-0.05, 0) is 42.0 Å². The molecule has 1 unspecified atom stereocenters. The molecule has 1 aromatic carbocycles. The maximum absolute atomic E-state index is 13.2. The summed E-state index contributed by atoms with van der Waals surface area (Å²) in [6.07, 6.45) is 4.72. The van der Waals surface area contributed by atoms with Crippen LogP contribution in [0.2, 0.25) is 0 Å². The van der Waals surface area contributed by atoms with Gasteiger partial charge in [-0.1, -0.05) is 0 Å². The fourth-order valence-corrected chi connectivity index (χ4v) is 4.48. The minimum Gasteiger partial charge on any atom is -0.464 e. The van der Waals surface area contributed by atoms with Crippen molar-refractivity contribution in [2.45, 2.75) is 12.8 Å². The molecule has 214 valence electrons. The highest BCUT2D eigenvalue weighted by Gasteiger charge is 2.30. The highest BCUT2D eigenvalue weighted by Crippen LogP contribution is 2.28. The van der Waals surface area contributed by atoms with Gasteiger partial charge in [-0.3, -0.25) is 19.8 Å². The van der Waals surface area contributed by atoms with Gasteiger partial charge in [-0.2, -0.15) is 0 Å². The first-order chi connectivity index (χ1) is 19.4. The third-order valence-electron chi connectivity index (χ3n) is 6.64. The van der Waals surface area contributed by atoms with Crippen LogP contribution in [0.3, 0.4) is 0 Å². The van der Waals surface area contributed by atoms with E-state index in [4.69, 9.17) is 9.15 Å². The van der Waals surface area contributed by atoms with Crippen molar-refractivity contribution in [2.24, 2.45) is 0 Å².